The average molecular weight is 441 g/mol. The zero-order valence-electron chi connectivity index (χ0n) is 15.6. The fraction of sp³-hybridized carbons (Fsp3) is 0.278. The van der Waals surface area contributed by atoms with Crippen LogP contribution in [-0.2, 0) is 0 Å². The Hall–Kier alpha value is -3.90. The summed E-state index contributed by atoms with van der Waals surface area (Å²) in [6, 6.07) is 7.43. The molecule has 3 rings (SSSR count). The van der Waals surface area contributed by atoms with Gasteiger partial charge in [-0.05, 0) is 24.3 Å². The third kappa shape index (κ3) is 5.58. The van der Waals surface area contributed by atoms with Crippen molar-refractivity contribution in [2.24, 2.45) is 0 Å². The lowest BCUT2D eigenvalue weighted by molar-refractivity contribution is -0.394. The third-order valence-electron chi connectivity index (χ3n) is 4.36. The molecule has 1 atom stereocenters. The standard InChI is InChI=1S/C18H14F3N3O7/c19-18(20,21)31-15-3-1-14(2-4-15)30-16-5-6-22(10-16)17(25)11-7-12(23(26)27)9-13(8-11)24(28)29/h1-4,7-9,16H,5-6,10H2/t16-/m1/s1. The number of rotatable bonds is 6. The van der Waals surface area contributed by atoms with Gasteiger partial charge in [0.15, 0.2) is 0 Å². The Bertz CT molecular complexity index is 979. The lowest BCUT2D eigenvalue weighted by Gasteiger charge is -2.17. The van der Waals surface area contributed by atoms with Gasteiger partial charge in [0.25, 0.3) is 17.3 Å². The molecular formula is C18H14F3N3O7. The fourth-order valence-corrected chi connectivity index (χ4v) is 3.03. The predicted molar refractivity (Wildman–Crippen MR) is 97.8 cm³/mol. The molecule has 1 heterocycles. The molecule has 0 N–H and O–H groups in total. The van der Waals surface area contributed by atoms with Crippen molar-refractivity contribution in [1.82, 2.24) is 4.90 Å². The van der Waals surface area contributed by atoms with E-state index in [1.54, 1.807) is 0 Å². The molecule has 31 heavy (non-hydrogen) atoms. The summed E-state index contributed by atoms with van der Waals surface area (Å²) >= 11 is 0. The van der Waals surface area contributed by atoms with Gasteiger partial charge in [-0.1, -0.05) is 0 Å². The van der Waals surface area contributed by atoms with Crippen molar-refractivity contribution in [3.05, 3.63) is 68.3 Å². The van der Waals surface area contributed by atoms with E-state index in [-0.39, 0.29) is 24.4 Å². The Morgan fingerprint density at radius 2 is 1.55 bits per heavy atom. The van der Waals surface area contributed by atoms with Gasteiger partial charge in [-0.3, -0.25) is 25.0 Å². The second kappa shape index (κ2) is 8.45. The van der Waals surface area contributed by atoms with Crippen LogP contribution in [0.3, 0.4) is 0 Å². The van der Waals surface area contributed by atoms with Crippen molar-refractivity contribution in [1.29, 1.82) is 0 Å². The molecule has 13 heteroatoms. The number of amides is 1. The molecule has 0 bridgehead atoms. The van der Waals surface area contributed by atoms with Crippen LogP contribution in [0, 0.1) is 20.2 Å². The van der Waals surface area contributed by atoms with Crippen molar-refractivity contribution in [3.8, 4) is 11.5 Å². The topological polar surface area (TPSA) is 125 Å². The highest BCUT2D eigenvalue weighted by atomic mass is 19.4. The molecule has 2 aromatic carbocycles. The Morgan fingerprint density at radius 1 is 1.00 bits per heavy atom. The van der Waals surface area contributed by atoms with Gasteiger partial charge < -0.3 is 14.4 Å². The normalized spacial score (nSPS) is 16.1. The number of nitro groups is 2. The smallest absolute Gasteiger partial charge is 0.489 e. The highest BCUT2D eigenvalue weighted by molar-refractivity contribution is 5.95. The Labute approximate surface area is 172 Å². The lowest BCUT2D eigenvalue weighted by atomic mass is 10.1. The number of alkyl halides is 3. The first-order valence-electron chi connectivity index (χ1n) is 8.77. The summed E-state index contributed by atoms with van der Waals surface area (Å²) in [5, 5.41) is 22.0. The van der Waals surface area contributed by atoms with Gasteiger partial charge in [0, 0.05) is 25.1 Å². The minimum atomic E-state index is -4.81. The van der Waals surface area contributed by atoms with Gasteiger partial charge in [-0.15, -0.1) is 13.2 Å². The number of hydrogen-bond donors (Lipinski definition) is 0. The van der Waals surface area contributed by atoms with Crippen LogP contribution in [-0.4, -0.2) is 46.2 Å². The first kappa shape index (κ1) is 21.8. The van der Waals surface area contributed by atoms with Crippen molar-refractivity contribution < 1.29 is 37.3 Å². The molecule has 1 saturated heterocycles. The van der Waals surface area contributed by atoms with Gasteiger partial charge >= 0.3 is 6.36 Å². The number of nitro benzene ring substituents is 2. The van der Waals surface area contributed by atoms with Crippen LogP contribution >= 0.6 is 0 Å². The Balaban J connectivity index is 1.66. The van der Waals surface area contributed by atoms with Gasteiger partial charge in [0.1, 0.15) is 17.6 Å². The second-order valence-corrected chi connectivity index (χ2v) is 6.55. The number of carbonyl (C=O) groups excluding carboxylic acids is 1. The SMILES string of the molecule is O=C(c1cc([N+](=O)[O-])cc([N+](=O)[O-])c1)N1CC[C@@H](Oc2ccc(OC(F)(F)F)cc2)C1. The molecular weight excluding hydrogens is 427 g/mol. The summed E-state index contributed by atoms with van der Waals surface area (Å²) in [5.74, 6) is -0.776. The molecule has 10 nitrogen and oxygen atoms in total. The number of nitrogens with zero attached hydrogens (tertiary/aromatic N) is 3. The van der Waals surface area contributed by atoms with E-state index < -0.39 is 45.3 Å². The van der Waals surface area contributed by atoms with Crippen LogP contribution in [0.1, 0.15) is 16.8 Å². The maximum absolute atomic E-state index is 12.7. The Kier molecular flexibility index (Phi) is 5.95. The molecule has 0 spiro atoms. The van der Waals surface area contributed by atoms with Gasteiger partial charge in [-0.25, -0.2) is 0 Å². The summed E-state index contributed by atoms with van der Waals surface area (Å²) in [4.78, 5) is 34.3. The highest BCUT2D eigenvalue weighted by Gasteiger charge is 2.32. The van der Waals surface area contributed by atoms with E-state index in [0.717, 1.165) is 30.3 Å². The Morgan fingerprint density at radius 3 is 2.06 bits per heavy atom. The largest absolute Gasteiger partial charge is 0.573 e. The van der Waals surface area contributed by atoms with Gasteiger partial charge in [0.2, 0.25) is 0 Å². The summed E-state index contributed by atoms with van der Waals surface area (Å²) in [7, 11) is 0. The molecule has 0 radical (unpaired) electrons. The van der Waals surface area contributed by atoms with Crippen LogP contribution in [0.5, 0.6) is 11.5 Å². The second-order valence-electron chi connectivity index (χ2n) is 6.55. The quantitative estimate of drug-likeness (QED) is 0.494. The van der Waals surface area contributed by atoms with Crippen molar-refractivity contribution in [3.63, 3.8) is 0 Å². The maximum Gasteiger partial charge on any atom is 0.573 e. The van der Waals surface area contributed by atoms with Crippen molar-refractivity contribution in [2.75, 3.05) is 13.1 Å². The monoisotopic (exact) mass is 441 g/mol. The minimum Gasteiger partial charge on any atom is -0.489 e. The summed E-state index contributed by atoms with van der Waals surface area (Å²) in [5.41, 5.74) is -1.35. The highest BCUT2D eigenvalue weighted by Crippen LogP contribution is 2.28. The minimum absolute atomic E-state index is 0.0934. The van der Waals surface area contributed by atoms with Crippen LogP contribution in [0.25, 0.3) is 0 Å². The average Bonchev–Trinajstić information content (AvgIpc) is 3.15. The van der Waals surface area contributed by atoms with E-state index in [2.05, 4.69) is 4.74 Å². The molecule has 164 valence electrons. The van der Waals surface area contributed by atoms with Crippen LogP contribution < -0.4 is 9.47 Å². The van der Waals surface area contributed by atoms with E-state index in [9.17, 15) is 38.2 Å². The fourth-order valence-electron chi connectivity index (χ4n) is 3.03. The predicted octanol–water partition coefficient (Wildman–Crippen LogP) is 3.70. The number of non-ortho nitro benzene ring substituents is 2. The first-order valence-corrected chi connectivity index (χ1v) is 8.77. The number of benzene rings is 2. The van der Waals surface area contributed by atoms with Gasteiger partial charge in [-0.2, -0.15) is 0 Å². The number of likely N-dealkylation sites (tertiary alicyclic amines) is 1. The molecule has 0 unspecified atom stereocenters. The molecule has 0 aliphatic carbocycles. The first-order chi connectivity index (χ1) is 14.5. The van der Waals surface area contributed by atoms with Crippen molar-refractivity contribution >= 4 is 17.3 Å². The lowest BCUT2D eigenvalue weighted by Crippen LogP contribution is -2.31. The molecule has 2 aromatic rings. The molecule has 0 saturated carbocycles. The zero-order valence-corrected chi connectivity index (χ0v) is 15.6. The number of ether oxygens (including phenoxy) is 2. The van der Waals surface area contributed by atoms with Crippen LogP contribution in [0.4, 0.5) is 24.5 Å². The molecule has 0 aromatic heterocycles. The summed E-state index contributed by atoms with van der Waals surface area (Å²) in [6.07, 6.45) is -4.90. The molecule has 1 aliphatic heterocycles. The van der Waals surface area contributed by atoms with Crippen LogP contribution in [0.15, 0.2) is 42.5 Å². The van der Waals surface area contributed by atoms with E-state index in [1.807, 2.05) is 0 Å². The van der Waals surface area contributed by atoms with Gasteiger partial charge in [0.05, 0.1) is 28.0 Å². The third-order valence-corrected chi connectivity index (χ3v) is 4.36. The van der Waals surface area contributed by atoms with E-state index >= 15 is 0 Å². The molecule has 1 fully saturated rings. The van der Waals surface area contributed by atoms with Crippen LogP contribution in [0.2, 0.25) is 0 Å². The number of halogens is 3. The van der Waals surface area contributed by atoms with E-state index in [1.165, 1.54) is 17.0 Å². The maximum atomic E-state index is 12.7. The molecule has 1 amide bonds. The molecule has 1 aliphatic rings. The van der Waals surface area contributed by atoms with Crippen molar-refractivity contribution in [2.45, 2.75) is 18.9 Å². The van der Waals surface area contributed by atoms with E-state index in [0.29, 0.717) is 6.42 Å². The summed E-state index contributed by atoms with van der Waals surface area (Å²) < 4.78 is 46.0. The number of hydrogen-bond acceptors (Lipinski definition) is 7. The zero-order chi connectivity index (χ0) is 22.8. The number of carbonyl (C=O) groups is 1. The van der Waals surface area contributed by atoms with E-state index in [4.69, 9.17) is 4.74 Å². The summed E-state index contributed by atoms with van der Waals surface area (Å²) in [6.45, 7) is 0.325.